The number of hydrogen-bond donors (Lipinski definition) is 2. The van der Waals surface area contributed by atoms with E-state index in [0.29, 0.717) is 23.2 Å². The maximum atomic E-state index is 10.8. The normalized spacial score (nSPS) is 12.1. The highest BCUT2D eigenvalue weighted by Gasteiger charge is 2.20. The van der Waals surface area contributed by atoms with Crippen LogP contribution in [0.15, 0.2) is 28.8 Å². The fourth-order valence-corrected chi connectivity index (χ4v) is 1.79. The van der Waals surface area contributed by atoms with Gasteiger partial charge in [0, 0.05) is 18.4 Å². The van der Waals surface area contributed by atoms with E-state index in [4.69, 9.17) is 21.2 Å². The number of carboxylic acid groups (broad SMARTS) is 1. The molecule has 0 saturated heterocycles. The number of carbonyl (C=O) groups is 1. The van der Waals surface area contributed by atoms with Crippen molar-refractivity contribution in [1.82, 2.24) is 15.5 Å². The summed E-state index contributed by atoms with van der Waals surface area (Å²) in [6.45, 7) is 1.65. The summed E-state index contributed by atoms with van der Waals surface area (Å²) in [6.07, 6.45) is -0.718. The summed E-state index contributed by atoms with van der Waals surface area (Å²) >= 11 is 5.80. The highest BCUT2D eigenvalue weighted by molar-refractivity contribution is 6.30. The van der Waals surface area contributed by atoms with Crippen molar-refractivity contribution in [2.24, 2.45) is 0 Å². The molecule has 2 aromatic rings. The molecule has 0 radical (unpaired) electrons. The third kappa shape index (κ3) is 3.69. The van der Waals surface area contributed by atoms with Crippen LogP contribution in [0.1, 0.15) is 23.3 Å². The Labute approximate surface area is 114 Å². The molecule has 0 saturated carbocycles. The van der Waals surface area contributed by atoms with Gasteiger partial charge in [0.15, 0.2) is 5.82 Å². The van der Waals surface area contributed by atoms with Crippen LogP contribution in [-0.4, -0.2) is 21.3 Å². The molecule has 1 heterocycles. The molecular formula is C12H12ClN3O3. The monoisotopic (exact) mass is 281 g/mol. The lowest BCUT2D eigenvalue weighted by atomic mass is 10.1. The van der Waals surface area contributed by atoms with Gasteiger partial charge in [-0.3, -0.25) is 0 Å². The van der Waals surface area contributed by atoms with E-state index in [-0.39, 0.29) is 0 Å². The van der Waals surface area contributed by atoms with Crippen LogP contribution in [0, 0.1) is 6.92 Å². The van der Waals surface area contributed by atoms with Gasteiger partial charge >= 0.3 is 6.09 Å². The zero-order valence-electron chi connectivity index (χ0n) is 10.1. The van der Waals surface area contributed by atoms with Crippen molar-refractivity contribution < 1.29 is 14.4 Å². The van der Waals surface area contributed by atoms with E-state index in [2.05, 4.69) is 15.5 Å². The highest BCUT2D eigenvalue weighted by Crippen LogP contribution is 2.18. The Bertz CT molecular complexity index is 568. The van der Waals surface area contributed by atoms with Crippen molar-refractivity contribution >= 4 is 17.7 Å². The average molecular weight is 282 g/mol. The lowest BCUT2D eigenvalue weighted by Gasteiger charge is -2.13. The predicted octanol–water partition coefficient (Wildman–Crippen LogP) is 2.58. The molecule has 1 unspecified atom stereocenters. The van der Waals surface area contributed by atoms with Gasteiger partial charge in [-0.05, 0) is 17.7 Å². The quantitative estimate of drug-likeness (QED) is 0.899. The lowest BCUT2D eigenvalue weighted by molar-refractivity contribution is 0.189. The van der Waals surface area contributed by atoms with Crippen LogP contribution in [0.2, 0.25) is 5.02 Å². The number of nitrogens with one attached hydrogen (secondary N) is 1. The summed E-state index contributed by atoms with van der Waals surface area (Å²) in [5.41, 5.74) is 0.922. The molecular weight excluding hydrogens is 270 g/mol. The van der Waals surface area contributed by atoms with Gasteiger partial charge in [0.25, 0.3) is 0 Å². The number of nitrogens with zero attached hydrogens (tertiary/aromatic N) is 2. The molecule has 0 aliphatic rings. The molecule has 2 N–H and O–H groups in total. The van der Waals surface area contributed by atoms with Gasteiger partial charge in [-0.15, -0.1) is 0 Å². The minimum atomic E-state index is -1.14. The fraction of sp³-hybridized carbons (Fsp3) is 0.250. The van der Waals surface area contributed by atoms with Crippen LogP contribution < -0.4 is 5.32 Å². The first kappa shape index (κ1) is 13.4. The van der Waals surface area contributed by atoms with Gasteiger partial charge in [0.1, 0.15) is 0 Å². The highest BCUT2D eigenvalue weighted by atomic mass is 35.5. The predicted molar refractivity (Wildman–Crippen MR) is 68.1 cm³/mol. The van der Waals surface area contributed by atoms with Crippen LogP contribution in [-0.2, 0) is 6.42 Å². The molecule has 0 aliphatic heterocycles. The maximum Gasteiger partial charge on any atom is 0.405 e. The summed E-state index contributed by atoms with van der Waals surface area (Å²) in [7, 11) is 0. The molecule has 7 heteroatoms. The van der Waals surface area contributed by atoms with Crippen molar-refractivity contribution in [3.63, 3.8) is 0 Å². The van der Waals surface area contributed by atoms with Crippen LogP contribution in [0.4, 0.5) is 4.79 Å². The molecule has 1 aromatic heterocycles. The second kappa shape index (κ2) is 5.71. The second-order valence-electron chi connectivity index (χ2n) is 4.00. The van der Waals surface area contributed by atoms with E-state index in [1.54, 1.807) is 19.1 Å². The van der Waals surface area contributed by atoms with E-state index < -0.39 is 12.1 Å². The number of aryl methyl sites for hydroxylation is 1. The SMILES string of the molecule is Cc1nc(C(Cc2ccc(Cl)cc2)NC(=O)O)no1. The van der Waals surface area contributed by atoms with E-state index in [1.165, 1.54) is 0 Å². The number of hydrogen-bond acceptors (Lipinski definition) is 4. The lowest BCUT2D eigenvalue weighted by Crippen LogP contribution is -2.29. The summed E-state index contributed by atoms with van der Waals surface area (Å²) in [4.78, 5) is 14.9. The van der Waals surface area contributed by atoms with Crippen LogP contribution in [0.5, 0.6) is 0 Å². The van der Waals surface area contributed by atoms with Gasteiger partial charge in [0.05, 0.1) is 6.04 Å². The number of halogens is 1. The molecule has 1 atom stereocenters. The third-order valence-electron chi connectivity index (χ3n) is 2.51. The topological polar surface area (TPSA) is 88.2 Å². The molecule has 1 aromatic carbocycles. The molecule has 0 bridgehead atoms. The third-order valence-corrected chi connectivity index (χ3v) is 2.76. The van der Waals surface area contributed by atoms with E-state index in [9.17, 15) is 4.79 Å². The maximum absolute atomic E-state index is 10.8. The van der Waals surface area contributed by atoms with Crippen molar-refractivity contribution in [3.05, 3.63) is 46.6 Å². The number of aromatic nitrogens is 2. The van der Waals surface area contributed by atoms with Gasteiger partial charge in [-0.1, -0.05) is 28.9 Å². The number of amides is 1. The summed E-state index contributed by atoms with van der Waals surface area (Å²) in [5, 5.41) is 15.6. The standard InChI is InChI=1S/C12H12ClN3O3/c1-7-14-11(16-19-7)10(15-12(17)18)6-8-2-4-9(13)5-3-8/h2-5,10,15H,6H2,1H3,(H,17,18). The van der Waals surface area contributed by atoms with Gasteiger partial charge in [0.2, 0.25) is 5.89 Å². The molecule has 1 amide bonds. The van der Waals surface area contributed by atoms with Crippen molar-refractivity contribution in [1.29, 1.82) is 0 Å². The average Bonchev–Trinajstić information content (AvgIpc) is 2.77. The van der Waals surface area contributed by atoms with Gasteiger partial charge in [-0.2, -0.15) is 4.98 Å². The molecule has 0 aliphatic carbocycles. The molecule has 2 rings (SSSR count). The Balaban J connectivity index is 2.18. The Morgan fingerprint density at radius 1 is 1.47 bits per heavy atom. The van der Waals surface area contributed by atoms with Gasteiger partial charge in [-0.25, -0.2) is 4.79 Å². The van der Waals surface area contributed by atoms with Crippen LogP contribution in [0.3, 0.4) is 0 Å². The largest absolute Gasteiger partial charge is 0.465 e. The molecule has 0 fully saturated rings. The van der Waals surface area contributed by atoms with E-state index >= 15 is 0 Å². The Kier molecular flexibility index (Phi) is 4.01. The van der Waals surface area contributed by atoms with E-state index in [1.807, 2.05) is 12.1 Å². The van der Waals surface area contributed by atoms with Gasteiger partial charge < -0.3 is 14.9 Å². The van der Waals surface area contributed by atoms with Crippen LogP contribution >= 0.6 is 11.6 Å². The number of rotatable bonds is 4. The molecule has 6 nitrogen and oxygen atoms in total. The molecule has 19 heavy (non-hydrogen) atoms. The minimum Gasteiger partial charge on any atom is -0.465 e. The zero-order valence-corrected chi connectivity index (χ0v) is 10.9. The molecule has 100 valence electrons. The first-order valence-electron chi connectivity index (χ1n) is 5.58. The Hall–Kier alpha value is -2.08. The Morgan fingerprint density at radius 2 is 2.16 bits per heavy atom. The summed E-state index contributed by atoms with van der Waals surface area (Å²) < 4.78 is 4.87. The first-order chi connectivity index (χ1) is 9.04. The van der Waals surface area contributed by atoms with Crippen molar-refractivity contribution in [2.45, 2.75) is 19.4 Å². The Morgan fingerprint density at radius 3 is 2.68 bits per heavy atom. The summed E-state index contributed by atoms with van der Waals surface area (Å²) in [5.74, 6) is 0.707. The van der Waals surface area contributed by atoms with E-state index in [0.717, 1.165) is 5.56 Å². The van der Waals surface area contributed by atoms with Crippen molar-refractivity contribution in [3.8, 4) is 0 Å². The zero-order chi connectivity index (χ0) is 13.8. The molecule has 0 spiro atoms. The minimum absolute atomic E-state index is 0.315. The number of benzene rings is 1. The van der Waals surface area contributed by atoms with Crippen LogP contribution in [0.25, 0.3) is 0 Å². The smallest absolute Gasteiger partial charge is 0.405 e. The first-order valence-corrected chi connectivity index (χ1v) is 5.96. The van der Waals surface area contributed by atoms with Crippen molar-refractivity contribution in [2.75, 3.05) is 0 Å². The summed E-state index contributed by atoms with van der Waals surface area (Å²) in [6, 6.07) is 6.58. The second-order valence-corrected chi connectivity index (χ2v) is 4.44. The fourth-order valence-electron chi connectivity index (χ4n) is 1.67.